The Kier molecular flexibility index (Phi) is 4.87. The molecule has 2 heteroatoms. The predicted molar refractivity (Wildman–Crippen MR) is 84.8 cm³/mol. The molecule has 1 aliphatic rings. The molecule has 112 valence electrons. The van der Waals surface area contributed by atoms with E-state index in [1.54, 1.807) is 0 Å². The fourth-order valence-corrected chi connectivity index (χ4v) is 3.01. The molecule has 0 spiro atoms. The number of aliphatic hydroxyl groups excluding tert-OH is 1. The van der Waals surface area contributed by atoms with E-state index in [1.165, 1.54) is 11.1 Å². The Hall–Kier alpha value is -0.860. The highest BCUT2D eigenvalue weighted by Gasteiger charge is 2.26. The summed E-state index contributed by atoms with van der Waals surface area (Å²) in [6.45, 7) is 12.0. The Morgan fingerprint density at radius 1 is 1.20 bits per heavy atom. The molecule has 0 radical (unpaired) electrons. The minimum atomic E-state index is -0.0977. The Morgan fingerprint density at radius 3 is 2.40 bits per heavy atom. The quantitative estimate of drug-likeness (QED) is 0.911. The average molecular weight is 275 g/mol. The SMILES string of the molecule is CCC1CN(Cc2ccc(C(C)(C)C)cc2)CCC1O. The maximum Gasteiger partial charge on any atom is 0.0592 e. The van der Waals surface area contributed by atoms with E-state index in [-0.39, 0.29) is 11.5 Å². The fraction of sp³-hybridized carbons (Fsp3) is 0.667. The van der Waals surface area contributed by atoms with E-state index in [1.807, 2.05) is 0 Å². The molecule has 2 nitrogen and oxygen atoms in total. The second kappa shape index (κ2) is 6.28. The van der Waals surface area contributed by atoms with E-state index in [9.17, 15) is 5.11 Å². The van der Waals surface area contributed by atoms with Crippen molar-refractivity contribution in [2.75, 3.05) is 13.1 Å². The van der Waals surface area contributed by atoms with E-state index in [2.05, 4.69) is 56.9 Å². The van der Waals surface area contributed by atoms with E-state index in [0.717, 1.165) is 32.5 Å². The summed E-state index contributed by atoms with van der Waals surface area (Å²) in [4.78, 5) is 2.48. The third kappa shape index (κ3) is 3.83. The van der Waals surface area contributed by atoms with Gasteiger partial charge in [-0.15, -0.1) is 0 Å². The summed E-state index contributed by atoms with van der Waals surface area (Å²) in [7, 11) is 0. The van der Waals surface area contributed by atoms with Gasteiger partial charge in [0.25, 0.3) is 0 Å². The minimum absolute atomic E-state index is 0.0977. The molecular formula is C18H29NO. The van der Waals surface area contributed by atoms with Crippen LogP contribution < -0.4 is 0 Å². The molecule has 1 saturated heterocycles. The minimum Gasteiger partial charge on any atom is -0.393 e. The van der Waals surface area contributed by atoms with Crippen LogP contribution >= 0.6 is 0 Å². The van der Waals surface area contributed by atoms with Gasteiger partial charge < -0.3 is 5.11 Å². The van der Waals surface area contributed by atoms with Crippen molar-refractivity contribution in [3.8, 4) is 0 Å². The second-order valence-corrected chi connectivity index (χ2v) is 7.21. The number of nitrogens with zero attached hydrogens (tertiary/aromatic N) is 1. The fourth-order valence-electron chi connectivity index (χ4n) is 3.01. The highest BCUT2D eigenvalue weighted by atomic mass is 16.3. The first kappa shape index (κ1) is 15.5. The first-order valence-corrected chi connectivity index (χ1v) is 7.90. The molecule has 0 bridgehead atoms. The number of rotatable bonds is 3. The number of hydrogen-bond donors (Lipinski definition) is 1. The van der Waals surface area contributed by atoms with Crippen LogP contribution in [-0.2, 0) is 12.0 Å². The van der Waals surface area contributed by atoms with Crippen LogP contribution in [0.25, 0.3) is 0 Å². The van der Waals surface area contributed by atoms with Crippen LogP contribution in [0.15, 0.2) is 24.3 Å². The largest absolute Gasteiger partial charge is 0.393 e. The molecule has 1 fully saturated rings. The van der Waals surface area contributed by atoms with Crippen molar-refractivity contribution in [3.63, 3.8) is 0 Å². The summed E-state index contributed by atoms with van der Waals surface area (Å²) in [5.74, 6) is 0.442. The van der Waals surface area contributed by atoms with Gasteiger partial charge in [-0.2, -0.15) is 0 Å². The molecule has 1 aromatic rings. The Balaban J connectivity index is 1.97. The first-order chi connectivity index (χ1) is 9.40. The zero-order chi connectivity index (χ0) is 14.8. The van der Waals surface area contributed by atoms with Crippen molar-refractivity contribution in [1.82, 2.24) is 4.90 Å². The van der Waals surface area contributed by atoms with E-state index >= 15 is 0 Å². The highest BCUT2D eigenvalue weighted by Crippen LogP contribution is 2.24. The lowest BCUT2D eigenvalue weighted by atomic mass is 9.86. The van der Waals surface area contributed by atoms with Crippen molar-refractivity contribution in [2.45, 2.75) is 58.6 Å². The molecule has 20 heavy (non-hydrogen) atoms. The van der Waals surface area contributed by atoms with Crippen LogP contribution in [0.1, 0.15) is 51.7 Å². The molecule has 2 atom stereocenters. The van der Waals surface area contributed by atoms with Gasteiger partial charge in [0.05, 0.1) is 6.10 Å². The standard InChI is InChI=1S/C18H29NO/c1-5-15-13-19(11-10-17(15)20)12-14-6-8-16(9-7-14)18(2,3)4/h6-9,15,17,20H,5,10-13H2,1-4H3. The molecule has 2 rings (SSSR count). The predicted octanol–water partition coefficient (Wildman–Crippen LogP) is 3.58. The molecule has 1 aromatic carbocycles. The Bertz CT molecular complexity index is 418. The molecule has 2 unspecified atom stereocenters. The van der Waals surface area contributed by atoms with Gasteiger partial charge in [0.15, 0.2) is 0 Å². The molecule has 0 amide bonds. The van der Waals surface area contributed by atoms with E-state index in [0.29, 0.717) is 5.92 Å². The maximum absolute atomic E-state index is 9.95. The normalized spacial score (nSPS) is 24.9. The number of likely N-dealkylation sites (tertiary alicyclic amines) is 1. The zero-order valence-corrected chi connectivity index (χ0v) is 13.4. The van der Waals surface area contributed by atoms with Crippen LogP contribution in [0.5, 0.6) is 0 Å². The van der Waals surface area contributed by atoms with Gasteiger partial charge in [-0.05, 0) is 35.3 Å². The zero-order valence-electron chi connectivity index (χ0n) is 13.4. The summed E-state index contributed by atoms with van der Waals surface area (Å²) in [6, 6.07) is 9.02. The van der Waals surface area contributed by atoms with Crippen LogP contribution in [0.3, 0.4) is 0 Å². The van der Waals surface area contributed by atoms with Gasteiger partial charge in [0.1, 0.15) is 0 Å². The lowest BCUT2D eigenvalue weighted by molar-refractivity contribution is 0.0222. The van der Waals surface area contributed by atoms with Gasteiger partial charge in [0.2, 0.25) is 0 Å². The van der Waals surface area contributed by atoms with Crippen molar-refractivity contribution in [3.05, 3.63) is 35.4 Å². The Labute approximate surface area is 123 Å². The van der Waals surface area contributed by atoms with Gasteiger partial charge in [-0.1, -0.05) is 52.0 Å². The van der Waals surface area contributed by atoms with E-state index in [4.69, 9.17) is 0 Å². The number of benzene rings is 1. The summed E-state index contributed by atoms with van der Waals surface area (Å²) < 4.78 is 0. The lowest BCUT2D eigenvalue weighted by Crippen LogP contribution is -2.42. The van der Waals surface area contributed by atoms with Crippen molar-refractivity contribution >= 4 is 0 Å². The molecule has 1 N–H and O–H groups in total. The van der Waals surface area contributed by atoms with Crippen LogP contribution in [0, 0.1) is 5.92 Å². The number of piperidine rings is 1. The highest BCUT2D eigenvalue weighted by molar-refractivity contribution is 5.27. The third-order valence-electron chi connectivity index (χ3n) is 4.53. The molecule has 1 heterocycles. The maximum atomic E-state index is 9.95. The van der Waals surface area contributed by atoms with Crippen molar-refractivity contribution < 1.29 is 5.11 Å². The van der Waals surface area contributed by atoms with Crippen molar-refractivity contribution in [2.24, 2.45) is 5.92 Å². The van der Waals surface area contributed by atoms with Gasteiger partial charge in [0, 0.05) is 19.6 Å². The summed E-state index contributed by atoms with van der Waals surface area (Å²) >= 11 is 0. The van der Waals surface area contributed by atoms with Crippen molar-refractivity contribution in [1.29, 1.82) is 0 Å². The van der Waals surface area contributed by atoms with Gasteiger partial charge in [-0.3, -0.25) is 4.90 Å². The van der Waals surface area contributed by atoms with Gasteiger partial charge >= 0.3 is 0 Å². The molecule has 0 aliphatic carbocycles. The van der Waals surface area contributed by atoms with Gasteiger partial charge in [-0.25, -0.2) is 0 Å². The van der Waals surface area contributed by atoms with E-state index < -0.39 is 0 Å². The van der Waals surface area contributed by atoms with Crippen LogP contribution in [0.4, 0.5) is 0 Å². The topological polar surface area (TPSA) is 23.5 Å². The molecular weight excluding hydrogens is 246 g/mol. The number of hydrogen-bond acceptors (Lipinski definition) is 2. The number of aliphatic hydroxyl groups is 1. The summed E-state index contributed by atoms with van der Waals surface area (Å²) in [6.07, 6.45) is 1.89. The third-order valence-corrected chi connectivity index (χ3v) is 4.53. The average Bonchev–Trinajstić information content (AvgIpc) is 2.40. The smallest absolute Gasteiger partial charge is 0.0592 e. The molecule has 0 saturated carbocycles. The lowest BCUT2D eigenvalue weighted by Gasteiger charge is -2.35. The second-order valence-electron chi connectivity index (χ2n) is 7.21. The monoisotopic (exact) mass is 275 g/mol. The first-order valence-electron chi connectivity index (χ1n) is 7.90. The van der Waals surface area contributed by atoms with Crippen LogP contribution in [-0.4, -0.2) is 29.2 Å². The molecule has 0 aromatic heterocycles. The summed E-state index contributed by atoms with van der Waals surface area (Å²) in [5, 5.41) is 9.95. The van der Waals surface area contributed by atoms with Crippen LogP contribution in [0.2, 0.25) is 0 Å². The molecule has 1 aliphatic heterocycles. The summed E-state index contributed by atoms with van der Waals surface area (Å²) in [5.41, 5.74) is 2.99. The Morgan fingerprint density at radius 2 is 1.85 bits per heavy atom.